The van der Waals surface area contributed by atoms with Gasteiger partial charge in [-0.15, -0.1) is 11.3 Å². The molecule has 1 fully saturated rings. The predicted molar refractivity (Wildman–Crippen MR) is 110 cm³/mol. The monoisotopic (exact) mass is 415 g/mol. The van der Waals surface area contributed by atoms with Crippen molar-refractivity contribution in [2.24, 2.45) is 0 Å². The average molecular weight is 416 g/mol. The zero-order valence-electron chi connectivity index (χ0n) is 16.7. The van der Waals surface area contributed by atoms with E-state index in [2.05, 4.69) is 0 Å². The summed E-state index contributed by atoms with van der Waals surface area (Å²) in [4.78, 5) is 28.2. The number of carbonyl (C=O) groups excluding carboxylic acids is 2. The average Bonchev–Trinajstić information content (AvgIpc) is 3.31. The van der Waals surface area contributed by atoms with E-state index < -0.39 is 5.79 Å². The highest BCUT2D eigenvalue weighted by atomic mass is 32.1. The van der Waals surface area contributed by atoms with Crippen molar-refractivity contribution in [1.29, 1.82) is 0 Å². The minimum absolute atomic E-state index is 0.110. The number of hydrogen-bond acceptors (Lipinski definition) is 6. The molecule has 0 saturated carbocycles. The summed E-state index contributed by atoms with van der Waals surface area (Å²) in [7, 11) is 0. The molecule has 0 N–H and O–H groups in total. The molecular weight excluding hydrogens is 390 g/mol. The van der Waals surface area contributed by atoms with Gasteiger partial charge in [0, 0.05) is 24.6 Å². The molecule has 2 aliphatic rings. The third kappa shape index (κ3) is 3.95. The van der Waals surface area contributed by atoms with Gasteiger partial charge < -0.3 is 14.2 Å². The summed E-state index contributed by atoms with van der Waals surface area (Å²) in [6.45, 7) is 5.19. The topological polar surface area (TPSA) is 65.1 Å². The van der Waals surface area contributed by atoms with E-state index in [1.54, 1.807) is 11.8 Å². The first-order valence-corrected chi connectivity index (χ1v) is 10.8. The molecule has 154 valence electrons. The molecule has 2 aromatic rings. The lowest BCUT2D eigenvalue weighted by Crippen LogP contribution is -2.36. The zero-order valence-corrected chi connectivity index (χ0v) is 17.5. The Hall–Kier alpha value is -2.22. The van der Waals surface area contributed by atoms with Crippen LogP contribution in [-0.2, 0) is 38.4 Å². The molecule has 0 atom stereocenters. The van der Waals surface area contributed by atoms with Crippen LogP contribution in [0.4, 0.5) is 5.00 Å². The molecule has 2 heterocycles. The van der Waals surface area contributed by atoms with Crippen LogP contribution in [0.1, 0.15) is 46.6 Å². The highest BCUT2D eigenvalue weighted by molar-refractivity contribution is 7.17. The van der Waals surface area contributed by atoms with E-state index in [1.807, 2.05) is 30.3 Å². The molecule has 1 aromatic heterocycles. The highest BCUT2D eigenvalue weighted by Gasteiger charge is 2.43. The standard InChI is InChI=1S/C22H25NO5S/c1-3-26-21(25)19-17-9-10-22(27-11-12-28-22)13-18(17)29-20(19)23(15(2)24)14-16-7-5-4-6-8-16/h4-8H,3,9-14H2,1-2H3. The first kappa shape index (κ1) is 20.1. The lowest BCUT2D eigenvalue weighted by atomic mass is 9.90. The molecule has 1 aliphatic carbocycles. The molecule has 1 saturated heterocycles. The Bertz CT molecular complexity index is 901. The maximum atomic E-state index is 12.9. The summed E-state index contributed by atoms with van der Waals surface area (Å²) >= 11 is 1.48. The number of nitrogens with zero attached hydrogens (tertiary/aromatic N) is 1. The van der Waals surface area contributed by atoms with Crippen molar-refractivity contribution in [3.8, 4) is 0 Å². The van der Waals surface area contributed by atoms with E-state index in [9.17, 15) is 9.59 Å². The second-order valence-corrected chi connectivity index (χ2v) is 8.36. The van der Waals surface area contributed by atoms with Gasteiger partial charge in [0.25, 0.3) is 0 Å². The third-order valence-electron chi connectivity index (χ3n) is 5.36. The number of fused-ring (bicyclic) bond motifs is 1. The Morgan fingerprint density at radius 1 is 1.21 bits per heavy atom. The molecule has 29 heavy (non-hydrogen) atoms. The molecule has 0 bridgehead atoms. The summed E-state index contributed by atoms with van der Waals surface area (Å²) in [5.41, 5.74) is 2.49. The van der Waals surface area contributed by atoms with Gasteiger partial charge in [0.2, 0.25) is 5.91 Å². The van der Waals surface area contributed by atoms with Gasteiger partial charge >= 0.3 is 5.97 Å². The Kier molecular flexibility index (Phi) is 5.72. The minimum Gasteiger partial charge on any atom is -0.462 e. The van der Waals surface area contributed by atoms with Crippen molar-refractivity contribution in [3.05, 3.63) is 51.9 Å². The maximum Gasteiger partial charge on any atom is 0.341 e. The third-order valence-corrected chi connectivity index (χ3v) is 6.61. The molecule has 1 spiro atoms. The number of anilines is 1. The normalized spacial score (nSPS) is 17.2. The lowest BCUT2D eigenvalue weighted by Gasteiger charge is -2.31. The van der Waals surface area contributed by atoms with Crippen LogP contribution in [0.2, 0.25) is 0 Å². The molecule has 0 radical (unpaired) electrons. The van der Waals surface area contributed by atoms with Crippen molar-refractivity contribution < 1.29 is 23.8 Å². The van der Waals surface area contributed by atoms with Crippen LogP contribution in [0.3, 0.4) is 0 Å². The lowest BCUT2D eigenvalue weighted by molar-refractivity contribution is -0.163. The van der Waals surface area contributed by atoms with Crippen LogP contribution in [0.5, 0.6) is 0 Å². The number of amides is 1. The van der Waals surface area contributed by atoms with Gasteiger partial charge in [0.1, 0.15) is 5.00 Å². The fraction of sp³-hybridized carbons (Fsp3) is 0.455. The van der Waals surface area contributed by atoms with Crippen LogP contribution < -0.4 is 4.90 Å². The number of carbonyl (C=O) groups is 2. The van der Waals surface area contributed by atoms with E-state index >= 15 is 0 Å². The van der Waals surface area contributed by atoms with E-state index in [4.69, 9.17) is 14.2 Å². The van der Waals surface area contributed by atoms with Gasteiger partial charge in [0.05, 0.1) is 31.9 Å². The van der Waals surface area contributed by atoms with Crippen molar-refractivity contribution in [2.75, 3.05) is 24.7 Å². The SMILES string of the molecule is CCOC(=O)c1c(N(Cc2ccccc2)C(C)=O)sc2c1CCC1(C2)OCCO1. The number of rotatable bonds is 5. The van der Waals surface area contributed by atoms with E-state index in [0.29, 0.717) is 49.6 Å². The largest absolute Gasteiger partial charge is 0.462 e. The van der Waals surface area contributed by atoms with Crippen molar-refractivity contribution in [3.63, 3.8) is 0 Å². The second kappa shape index (κ2) is 8.26. The van der Waals surface area contributed by atoms with E-state index in [0.717, 1.165) is 16.0 Å². The van der Waals surface area contributed by atoms with E-state index in [1.165, 1.54) is 18.3 Å². The van der Waals surface area contributed by atoms with Gasteiger partial charge in [-0.3, -0.25) is 9.69 Å². The first-order chi connectivity index (χ1) is 14.0. The molecule has 6 nitrogen and oxygen atoms in total. The number of thiophene rings is 1. The van der Waals surface area contributed by atoms with Crippen LogP contribution >= 0.6 is 11.3 Å². The molecular formula is C22H25NO5S. The molecule has 7 heteroatoms. The summed E-state index contributed by atoms with van der Waals surface area (Å²) in [5, 5.41) is 0.653. The van der Waals surface area contributed by atoms with Crippen LogP contribution in [0.25, 0.3) is 0 Å². The Morgan fingerprint density at radius 2 is 1.93 bits per heavy atom. The smallest absolute Gasteiger partial charge is 0.341 e. The van der Waals surface area contributed by atoms with Gasteiger partial charge in [0.15, 0.2) is 5.79 Å². The summed E-state index contributed by atoms with van der Waals surface area (Å²) in [5.74, 6) is -1.08. The fourth-order valence-corrected chi connectivity index (χ4v) is 5.46. The second-order valence-electron chi connectivity index (χ2n) is 7.28. The number of esters is 1. The van der Waals surface area contributed by atoms with Gasteiger partial charge in [-0.25, -0.2) is 4.79 Å². The predicted octanol–water partition coefficient (Wildman–Crippen LogP) is 3.71. The van der Waals surface area contributed by atoms with Crippen LogP contribution in [0, 0.1) is 0 Å². The molecule has 1 aliphatic heterocycles. The highest BCUT2D eigenvalue weighted by Crippen LogP contribution is 2.45. The molecule has 1 aromatic carbocycles. The summed E-state index contributed by atoms with van der Waals surface area (Å²) in [6.07, 6.45) is 1.95. The minimum atomic E-state index is -0.596. The Labute approximate surface area is 174 Å². The van der Waals surface area contributed by atoms with Gasteiger partial charge in [-0.05, 0) is 24.5 Å². The van der Waals surface area contributed by atoms with Crippen molar-refractivity contribution >= 4 is 28.2 Å². The number of hydrogen-bond donors (Lipinski definition) is 0. The number of benzene rings is 1. The Morgan fingerprint density at radius 3 is 2.59 bits per heavy atom. The van der Waals surface area contributed by atoms with E-state index in [-0.39, 0.29) is 18.5 Å². The maximum absolute atomic E-state index is 12.9. The molecule has 4 rings (SSSR count). The summed E-state index contributed by atoms with van der Waals surface area (Å²) < 4.78 is 17.1. The fourth-order valence-electron chi connectivity index (χ4n) is 3.99. The van der Waals surface area contributed by atoms with Gasteiger partial charge in [-0.2, -0.15) is 0 Å². The molecule has 1 amide bonds. The Balaban J connectivity index is 1.75. The first-order valence-electron chi connectivity index (χ1n) is 9.94. The van der Waals surface area contributed by atoms with Crippen LogP contribution in [0.15, 0.2) is 30.3 Å². The quantitative estimate of drug-likeness (QED) is 0.697. The van der Waals surface area contributed by atoms with Crippen LogP contribution in [-0.4, -0.2) is 37.5 Å². The summed E-state index contributed by atoms with van der Waals surface area (Å²) in [6, 6.07) is 9.78. The zero-order chi connectivity index (χ0) is 20.4. The van der Waals surface area contributed by atoms with Crippen molar-refractivity contribution in [1.82, 2.24) is 0 Å². The number of ether oxygens (including phenoxy) is 3. The van der Waals surface area contributed by atoms with Gasteiger partial charge in [-0.1, -0.05) is 30.3 Å². The van der Waals surface area contributed by atoms with Crippen molar-refractivity contribution in [2.45, 2.75) is 45.4 Å². The molecule has 0 unspecified atom stereocenters.